The predicted octanol–water partition coefficient (Wildman–Crippen LogP) is 2.76. The van der Waals surface area contributed by atoms with Crippen molar-refractivity contribution in [3.05, 3.63) is 53.6 Å². The third-order valence-electron chi connectivity index (χ3n) is 6.85. The smallest absolute Gasteiger partial charge is 0.255 e. The Morgan fingerprint density at radius 1 is 1.09 bits per heavy atom. The minimum absolute atomic E-state index is 0.144. The molecule has 11 nitrogen and oxygen atoms in total. The number of ether oxygens (including phenoxy) is 3. The summed E-state index contributed by atoms with van der Waals surface area (Å²) in [5.41, 5.74) is 1.27. The van der Waals surface area contributed by atoms with E-state index in [0.717, 1.165) is 5.56 Å². The number of benzene rings is 2. The predicted molar refractivity (Wildman–Crippen MR) is 162 cm³/mol. The molecule has 0 saturated carbocycles. The first-order valence-electron chi connectivity index (χ1n) is 14.9. The summed E-state index contributed by atoms with van der Waals surface area (Å²) >= 11 is 0. The Kier molecular flexibility index (Phi) is 13.1. The van der Waals surface area contributed by atoms with Crippen LogP contribution in [0.15, 0.2) is 42.5 Å². The van der Waals surface area contributed by atoms with Crippen molar-refractivity contribution in [3.8, 4) is 17.2 Å². The Balaban J connectivity index is 1.72. The molecule has 2 aromatic rings. The third kappa shape index (κ3) is 10.5. The number of hydrogen-bond donors (Lipinski definition) is 4. The largest absolute Gasteiger partial charge is 0.493 e. The standard InChI is InChI=1S/C32H44N4O7/c1-5-42-27-14-13-22(19-28(27)41-4)10-8-15-33-32(40)25-20-29(37)35-24(18-21(2)3)31(39)34-16-9-17-43-26-12-7-6-11-23(26)30(38)36-25/h6-7,11-14,19,21,24-25H,5,8-10,15-18,20H2,1-4H3,(H,33,40)(H,34,39)(H,35,37)(H,36,38)/t24-,25+/m1/s1. The number of carbonyl (C=O) groups is 4. The lowest BCUT2D eigenvalue weighted by atomic mass is 10.0. The maximum absolute atomic E-state index is 13.3. The van der Waals surface area contributed by atoms with E-state index >= 15 is 0 Å². The van der Waals surface area contributed by atoms with E-state index in [1.165, 1.54) is 0 Å². The van der Waals surface area contributed by atoms with Crippen molar-refractivity contribution in [2.45, 2.75) is 65.0 Å². The lowest BCUT2D eigenvalue weighted by molar-refractivity contribution is -0.131. The van der Waals surface area contributed by atoms with Gasteiger partial charge in [-0.15, -0.1) is 0 Å². The first-order valence-corrected chi connectivity index (χ1v) is 14.9. The van der Waals surface area contributed by atoms with Crippen LogP contribution in [0.4, 0.5) is 0 Å². The number of para-hydroxylation sites is 1. The molecular weight excluding hydrogens is 552 g/mol. The molecule has 4 amide bonds. The van der Waals surface area contributed by atoms with E-state index in [1.807, 2.05) is 39.0 Å². The Bertz CT molecular complexity index is 1250. The van der Waals surface area contributed by atoms with Gasteiger partial charge in [-0.2, -0.15) is 0 Å². The fourth-order valence-corrected chi connectivity index (χ4v) is 4.73. The molecule has 1 aliphatic heterocycles. The zero-order valence-corrected chi connectivity index (χ0v) is 25.5. The number of aryl methyl sites for hydroxylation is 1. The molecule has 2 aromatic carbocycles. The molecule has 3 rings (SSSR count). The number of rotatable bonds is 10. The van der Waals surface area contributed by atoms with E-state index in [-0.39, 0.29) is 30.4 Å². The summed E-state index contributed by atoms with van der Waals surface area (Å²) in [6.45, 7) is 7.30. The number of methoxy groups -OCH3 is 1. The van der Waals surface area contributed by atoms with Crippen molar-refractivity contribution in [2.24, 2.45) is 5.92 Å². The van der Waals surface area contributed by atoms with Gasteiger partial charge < -0.3 is 35.5 Å². The highest BCUT2D eigenvalue weighted by Gasteiger charge is 2.28. The highest BCUT2D eigenvalue weighted by atomic mass is 16.5. The summed E-state index contributed by atoms with van der Waals surface area (Å²) in [4.78, 5) is 52.5. The summed E-state index contributed by atoms with van der Waals surface area (Å²) in [7, 11) is 1.59. The minimum atomic E-state index is -1.17. The van der Waals surface area contributed by atoms with Crippen molar-refractivity contribution in [3.63, 3.8) is 0 Å². The molecular formula is C32H44N4O7. The summed E-state index contributed by atoms with van der Waals surface area (Å²) in [5.74, 6) is -0.0381. The molecule has 1 heterocycles. The number of nitrogens with one attached hydrogen (secondary N) is 4. The number of hydrogen-bond acceptors (Lipinski definition) is 7. The van der Waals surface area contributed by atoms with Gasteiger partial charge in [0.05, 0.1) is 32.3 Å². The Labute approximate surface area is 253 Å². The maximum Gasteiger partial charge on any atom is 0.255 e. The topological polar surface area (TPSA) is 144 Å². The summed E-state index contributed by atoms with van der Waals surface area (Å²) < 4.78 is 16.8. The van der Waals surface area contributed by atoms with E-state index in [9.17, 15) is 19.2 Å². The lowest BCUT2D eigenvalue weighted by Gasteiger charge is -2.22. The lowest BCUT2D eigenvalue weighted by Crippen LogP contribution is -2.52. The summed E-state index contributed by atoms with van der Waals surface area (Å²) in [6.07, 6.45) is 1.89. The van der Waals surface area contributed by atoms with Crippen LogP contribution in [-0.2, 0) is 20.8 Å². The second-order valence-corrected chi connectivity index (χ2v) is 10.8. The van der Waals surface area contributed by atoms with E-state index in [0.29, 0.717) is 62.6 Å². The van der Waals surface area contributed by atoms with Crippen molar-refractivity contribution in [1.82, 2.24) is 21.3 Å². The number of fused-ring (bicyclic) bond motifs is 1. The van der Waals surface area contributed by atoms with Crippen molar-refractivity contribution in [1.29, 1.82) is 0 Å². The van der Waals surface area contributed by atoms with Gasteiger partial charge in [-0.3, -0.25) is 19.2 Å². The fraction of sp³-hybridized carbons (Fsp3) is 0.500. The molecule has 4 N–H and O–H groups in total. The van der Waals surface area contributed by atoms with Gasteiger partial charge in [-0.1, -0.05) is 32.0 Å². The molecule has 1 aliphatic rings. The average molecular weight is 597 g/mol. The molecule has 0 aromatic heterocycles. The van der Waals surface area contributed by atoms with Gasteiger partial charge >= 0.3 is 0 Å². The molecule has 0 spiro atoms. The van der Waals surface area contributed by atoms with E-state index in [2.05, 4.69) is 21.3 Å². The van der Waals surface area contributed by atoms with Gasteiger partial charge in [0.2, 0.25) is 17.7 Å². The first kappa shape index (κ1) is 33.2. The summed E-state index contributed by atoms with van der Waals surface area (Å²) in [5, 5.41) is 11.2. The zero-order chi connectivity index (χ0) is 31.2. The monoisotopic (exact) mass is 596 g/mol. The van der Waals surface area contributed by atoms with E-state index in [4.69, 9.17) is 14.2 Å². The number of amides is 4. The molecule has 0 saturated heterocycles. The minimum Gasteiger partial charge on any atom is -0.493 e. The van der Waals surface area contributed by atoms with E-state index < -0.39 is 29.8 Å². The van der Waals surface area contributed by atoms with Crippen LogP contribution in [0.3, 0.4) is 0 Å². The van der Waals surface area contributed by atoms with Crippen LogP contribution in [0.25, 0.3) is 0 Å². The summed E-state index contributed by atoms with van der Waals surface area (Å²) in [6, 6.07) is 10.5. The molecule has 43 heavy (non-hydrogen) atoms. The second-order valence-electron chi connectivity index (χ2n) is 10.8. The highest BCUT2D eigenvalue weighted by molar-refractivity contribution is 6.01. The molecule has 0 aliphatic carbocycles. The van der Waals surface area contributed by atoms with Crippen molar-refractivity contribution >= 4 is 23.6 Å². The zero-order valence-electron chi connectivity index (χ0n) is 25.5. The van der Waals surface area contributed by atoms with E-state index in [1.54, 1.807) is 31.4 Å². The van der Waals surface area contributed by atoms with Crippen LogP contribution in [0.1, 0.15) is 62.4 Å². The van der Waals surface area contributed by atoms with Gasteiger partial charge in [0.25, 0.3) is 5.91 Å². The molecule has 0 unspecified atom stereocenters. The van der Waals surface area contributed by atoms with Crippen molar-refractivity contribution < 1.29 is 33.4 Å². The van der Waals surface area contributed by atoms with Gasteiger partial charge in [-0.05, 0) is 68.4 Å². The molecule has 0 fully saturated rings. The van der Waals surface area contributed by atoms with Crippen molar-refractivity contribution in [2.75, 3.05) is 33.4 Å². The van der Waals surface area contributed by atoms with Crippen LogP contribution in [0.5, 0.6) is 17.2 Å². The quantitative estimate of drug-likeness (QED) is 0.309. The Hall–Kier alpha value is -4.28. The van der Waals surface area contributed by atoms with Crippen LogP contribution in [0.2, 0.25) is 0 Å². The van der Waals surface area contributed by atoms with Gasteiger partial charge in [-0.25, -0.2) is 0 Å². The average Bonchev–Trinajstić information content (AvgIpc) is 2.98. The van der Waals surface area contributed by atoms with Gasteiger partial charge in [0.15, 0.2) is 11.5 Å². The molecule has 11 heteroatoms. The second kappa shape index (κ2) is 17.0. The molecule has 2 atom stereocenters. The fourth-order valence-electron chi connectivity index (χ4n) is 4.73. The number of carbonyl (C=O) groups excluding carboxylic acids is 4. The molecule has 0 bridgehead atoms. The SMILES string of the molecule is CCOc1ccc(CCCNC(=O)[C@@H]2CC(=O)N[C@H](CC(C)C)C(=O)NCCCOc3ccccc3C(=O)N2)cc1OC. The normalized spacial score (nSPS) is 18.1. The van der Waals surface area contributed by atoms with Crippen LogP contribution in [-0.4, -0.2) is 69.1 Å². The first-order chi connectivity index (χ1) is 20.7. The molecule has 234 valence electrons. The van der Waals surface area contributed by atoms with Crippen LogP contribution in [0, 0.1) is 5.92 Å². The Morgan fingerprint density at radius 2 is 1.88 bits per heavy atom. The van der Waals surface area contributed by atoms with Crippen LogP contribution < -0.4 is 35.5 Å². The Morgan fingerprint density at radius 3 is 2.63 bits per heavy atom. The third-order valence-corrected chi connectivity index (χ3v) is 6.85. The van der Waals surface area contributed by atoms with Crippen LogP contribution >= 0.6 is 0 Å². The molecule has 0 radical (unpaired) electrons. The maximum atomic E-state index is 13.3. The van der Waals surface area contributed by atoms with Gasteiger partial charge in [0.1, 0.15) is 17.8 Å². The highest BCUT2D eigenvalue weighted by Crippen LogP contribution is 2.28. The van der Waals surface area contributed by atoms with Gasteiger partial charge in [0, 0.05) is 13.1 Å².